The van der Waals surface area contributed by atoms with Gasteiger partial charge in [0.25, 0.3) is 5.56 Å². The first-order chi connectivity index (χ1) is 9.86. The molecule has 3 heterocycles. The number of aromatic nitrogens is 3. The predicted molar refractivity (Wildman–Crippen MR) is 76.2 cm³/mol. The van der Waals surface area contributed by atoms with E-state index in [1.54, 1.807) is 10.8 Å². The minimum atomic E-state index is 0.0701. The summed E-state index contributed by atoms with van der Waals surface area (Å²) in [6.45, 7) is 1.53. The normalized spacial score (nSPS) is 14.4. The molecule has 5 nitrogen and oxygen atoms in total. The lowest BCUT2D eigenvalue weighted by atomic mass is 10.1. The zero-order valence-corrected chi connectivity index (χ0v) is 10.9. The van der Waals surface area contributed by atoms with Crippen LogP contribution in [0.2, 0.25) is 0 Å². The largest absolute Gasteiger partial charge is 0.311 e. The summed E-state index contributed by atoms with van der Waals surface area (Å²) in [4.78, 5) is 12.8. The molecule has 0 fully saturated rings. The number of hydrogen-bond acceptors (Lipinski definition) is 3. The molecule has 0 atom stereocenters. The number of fused-ring (bicyclic) bond motifs is 3. The van der Waals surface area contributed by atoms with Gasteiger partial charge in [-0.25, -0.2) is 4.52 Å². The van der Waals surface area contributed by atoms with E-state index in [4.69, 9.17) is 0 Å². The molecule has 100 valence electrons. The van der Waals surface area contributed by atoms with Gasteiger partial charge in [-0.1, -0.05) is 18.2 Å². The fourth-order valence-electron chi connectivity index (χ4n) is 2.84. The van der Waals surface area contributed by atoms with Gasteiger partial charge >= 0.3 is 0 Å². The Morgan fingerprint density at radius 2 is 2.00 bits per heavy atom. The zero-order valence-electron chi connectivity index (χ0n) is 10.9. The van der Waals surface area contributed by atoms with Crippen molar-refractivity contribution < 1.29 is 0 Å². The van der Waals surface area contributed by atoms with Gasteiger partial charge in [0.1, 0.15) is 5.65 Å². The molecule has 0 aliphatic carbocycles. The first kappa shape index (κ1) is 11.4. The lowest BCUT2D eigenvalue weighted by Crippen LogP contribution is -2.35. The lowest BCUT2D eigenvalue weighted by Gasteiger charge is -2.20. The number of benzene rings is 1. The molecule has 0 saturated heterocycles. The molecule has 5 heteroatoms. The Labute approximate surface area is 115 Å². The third-order valence-electron chi connectivity index (χ3n) is 3.78. The van der Waals surface area contributed by atoms with Crippen LogP contribution >= 0.6 is 0 Å². The molecular weight excluding hydrogens is 252 g/mol. The second kappa shape index (κ2) is 4.31. The fourth-order valence-corrected chi connectivity index (χ4v) is 2.84. The van der Waals surface area contributed by atoms with Crippen LogP contribution in [0, 0.1) is 0 Å². The quantitative estimate of drug-likeness (QED) is 0.718. The van der Waals surface area contributed by atoms with Crippen molar-refractivity contribution in [3.63, 3.8) is 0 Å². The first-order valence-electron chi connectivity index (χ1n) is 6.73. The Hall–Kier alpha value is -2.40. The second-order valence-electron chi connectivity index (χ2n) is 4.93. The van der Waals surface area contributed by atoms with Gasteiger partial charge in [0, 0.05) is 18.2 Å². The molecule has 2 aromatic heterocycles. The molecule has 1 aliphatic heterocycles. The Kier molecular flexibility index (Phi) is 2.47. The van der Waals surface area contributed by atoms with Gasteiger partial charge in [0.2, 0.25) is 0 Å². The molecule has 0 saturated carbocycles. The molecule has 0 radical (unpaired) electrons. The summed E-state index contributed by atoms with van der Waals surface area (Å²) >= 11 is 0. The first-order valence-corrected chi connectivity index (χ1v) is 6.73. The number of nitrogens with one attached hydrogen (secondary N) is 1. The van der Waals surface area contributed by atoms with Gasteiger partial charge in [-0.3, -0.25) is 9.36 Å². The van der Waals surface area contributed by atoms with Gasteiger partial charge in [0.15, 0.2) is 0 Å². The fraction of sp³-hybridized carbons (Fsp3) is 0.200. The maximum absolute atomic E-state index is 12.8. The van der Waals surface area contributed by atoms with Crippen LogP contribution < -0.4 is 10.9 Å². The predicted octanol–water partition coefficient (Wildman–Crippen LogP) is 1.13. The zero-order chi connectivity index (χ0) is 13.5. The minimum Gasteiger partial charge on any atom is -0.311 e. The number of nitrogens with zero attached hydrogens (tertiary/aromatic N) is 3. The summed E-state index contributed by atoms with van der Waals surface area (Å²) in [6, 6.07) is 11.6. The topological polar surface area (TPSA) is 51.3 Å². The SMILES string of the molecule is O=c1c2c(n3nccc3n1-c1ccccc1)CNCC2. The average Bonchev–Trinajstić information content (AvgIpc) is 2.98. The summed E-state index contributed by atoms with van der Waals surface area (Å²) in [5.74, 6) is 0. The molecule has 0 unspecified atom stereocenters. The lowest BCUT2D eigenvalue weighted by molar-refractivity contribution is 0.595. The highest BCUT2D eigenvalue weighted by Crippen LogP contribution is 2.16. The summed E-state index contributed by atoms with van der Waals surface area (Å²) < 4.78 is 3.62. The van der Waals surface area contributed by atoms with Crippen LogP contribution in [0.15, 0.2) is 47.4 Å². The van der Waals surface area contributed by atoms with Crippen LogP contribution in [0.4, 0.5) is 0 Å². The second-order valence-corrected chi connectivity index (χ2v) is 4.93. The molecular formula is C15H14N4O. The van der Waals surface area contributed by atoms with Gasteiger partial charge in [0.05, 0.1) is 17.6 Å². The Morgan fingerprint density at radius 1 is 1.15 bits per heavy atom. The summed E-state index contributed by atoms with van der Waals surface area (Å²) in [5.41, 5.74) is 3.60. The molecule has 3 aromatic rings. The van der Waals surface area contributed by atoms with Crippen LogP contribution in [0.25, 0.3) is 11.3 Å². The molecule has 1 aromatic carbocycles. The van der Waals surface area contributed by atoms with E-state index < -0.39 is 0 Å². The van der Waals surface area contributed by atoms with Gasteiger partial charge < -0.3 is 5.32 Å². The van der Waals surface area contributed by atoms with Gasteiger partial charge in [-0.15, -0.1) is 0 Å². The van der Waals surface area contributed by atoms with Crippen LogP contribution in [-0.4, -0.2) is 20.7 Å². The minimum absolute atomic E-state index is 0.0701. The molecule has 0 bridgehead atoms. The van der Waals surface area contributed by atoms with Crippen molar-refractivity contribution in [2.75, 3.05) is 6.54 Å². The monoisotopic (exact) mass is 266 g/mol. The Bertz CT molecular complexity index is 832. The van der Waals surface area contributed by atoms with E-state index in [0.29, 0.717) is 6.54 Å². The highest BCUT2D eigenvalue weighted by molar-refractivity contribution is 5.50. The molecule has 0 amide bonds. The van der Waals surface area contributed by atoms with Crippen LogP contribution in [0.5, 0.6) is 0 Å². The van der Waals surface area contributed by atoms with E-state index in [-0.39, 0.29) is 5.56 Å². The van der Waals surface area contributed by atoms with Crippen LogP contribution in [-0.2, 0) is 13.0 Å². The third kappa shape index (κ3) is 1.53. The van der Waals surface area contributed by atoms with E-state index in [2.05, 4.69) is 10.4 Å². The molecule has 20 heavy (non-hydrogen) atoms. The van der Waals surface area contributed by atoms with Crippen molar-refractivity contribution in [3.05, 3.63) is 64.2 Å². The Balaban J connectivity index is 2.14. The smallest absolute Gasteiger partial charge is 0.261 e. The van der Waals surface area contributed by atoms with E-state index in [0.717, 1.165) is 35.6 Å². The number of hydrogen-bond donors (Lipinski definition) is 1. The van der Waals surface area contributed by atoms with Crippen molar-refractivity contribution in [2.45, 2.75) is 13.0 Å². The highest BCUT2D eigenvalue weighted by atomic mass is 16.1. The van der Waals surface area contributed by atoms with Gasteiger partial charge in [-0.05, 0) is 25.1 Å². The molecule has 1 N–H and O–H groups in total. The highest BCUT2D eigenvalue weighted by Gasteiger charge is 2.20. The van der Waals surface area contributed by atoms with Crippen LogP contribution in [0.1, 0.15) is 11.3 Å². The third-order valence-corrected chi connectivity index (χ3v) is 3.78. The average molecular weight is 266 g/mol. The maximum atomic E-state index is 12.8. The van der Waals surface area contributed by atoms with E-state index in [1.807, 2.05) is 40.9 Å². The Morgan fingerprint density at radius 3 is 2.85 bits per heavy atom. The number of para-hydroxylation sites is 1. The van der Waals surface area contributed by atoms with E-state index in [9.17, 15) is 4.79 Å². The standard InChI is InChI=1S/C15H14N4O/c20-15-12-6-8-16-10-13(12)19-14(7-9-17-19)18(15)11-4-2-1-3-5-11/h1-5,7,9,16H,6,8,10H2. The van der Waals surface area contributed by atoms with Crippen molar-refractivity contribution in [2.24, 2.45) is 0 Å². The van der Waals surface area contributed by atoms with E-state index in [1.165, 1.54) is 0 Å². The molecule has 1 aliphatic rings. The van der Waals surface area contributed by atoms with Gasteiger partial charge in [-0.2, -0.15) is 5.10 Å². The van der Waals surface area contributed by atoms with E-state index >= 15 is 0 Å². The number of rotatable bonds is 1. The van der Waals surface area contributed by atoms with Crippen molar-refractivity contribution in [1.82, 2.24) is 19.5 Å². The van der Waals surface area contributed by atoms with Crippen LogP contribution in [0.3, 0.4) is 0 Å². The van der Waals surface area contributed by atoms with Crippen molar-refractivity contribution in [1.29, 1.82) is 0 Å². The summed E-state index contributed by atoms with van der Waals surface area (Å²) in [6.07, 6.45) is 2.49. The van der Waals surface area contributed by atoms with Crippen molar-refractivity contribution in [3.8, 4) is 5.69 Å². The summed E-state index contributed by atoms with van der Waals surface area (Å²) in [5, 5.41) is 7.68. The summed E-state index contributed by atoms with van der Waals surface area (Å²) in [7, 11) is 0. The maximum Gasteiger partial charge on any atom is 0.261 e. The molecule has 4 rings (SSSR count). The van der Waals surface area contributed by atoms with Crippen molar-refractivity contribution >= 4 is 5.65 Å². The molecule has 0 spiro atoms.